The van der Waals surface area contributed by atoms with Gasteiger partial charge in [-0.15, -0.1) is 0 Å². The molecule has 2 aromatic carbocycles. The van der Waals surface area contributed by atoms with Crippen LogP contribution in [-0.2, 0) is 16.0 Å². The van der Waals surface area contributed by atoms with Crippen LogP contribution >= 0.6 is 11.6 Å². The van der Waals surface area contributed by atoms with Gasteiger partial charge in [-0.3, -0.25) is 9.59 Å². The Hall–Kier alpha value is -2.53. The van der Waals surface area contributed by atoms with Gasteiger partial charge in [-0.05, 0) is 35.4 Å². The molecule has 2 amide bonds. The lowest BCUT2D eigenvalue weighted by atomic mass is 9.91. The molecule has 4 rings (SSSR count). The molecule has 0 saturated carbocycles. The minimum atomic E-state index is -0.524. The molecular formula is C21H22ClN3O2. The van der Waals surface area contributed by atoms with E-state index in [2.05, 4.69) is 4.90 Å². The first-order valence-corrected chi connectivity index (χ1v) is 9.55. The summed E-state index contributed by atoms with van der Waals surface area (Å²) in [6.07, 6.45) is 0.362. The van der Waals surface area contributed by atoms with Gasteiger partial charge in [-0.2, -0.15) is 0 Å². The number of carbonyl (C=O) groups is 2. The summed E-state index contributed by atoms with van der Waals surface area (Å²) in [5.41, 5.74) is 3.02. The molecule has 5 nitrogen and oxygen atoms in total. The molecule has 2 aliphatic heterocycles. The second-order valence-electron chi connectivity index (χ2n) is 7.07. The molecule has 0 radical (unpaired) electrons. The van der Waals surface area contributed by atoms with E-state index < -0.39 is 6.04 Å². The van der Waals surface area contributed by atoms with Gasteiger partial charge in [0.2, 0.25) is 11.8 Å². The molecule has 1 saturated heterocycles. The van der Waals surface area contributed by atoms with Gasteiger partial charge in [0.25, 0.3) is 0 Å². The molecule has 2 aromatic rings. The summed E-state index contributed by atoms with van der Waals surface area (Å²) in [5, 5.41) is 0.719. The molecule has 6 heteroatoms. The number of halogens is 1. The highest BCUT2D eigenvalue weighted by Crippen LogP contribution is 2.31. The average molecular weight is 384 g/mol. The van der Waals surface area contributed by atoms with Gasteiger partial charge >= 0.3 is 0 Å². The molecule has 1 atom stereocenters. The van der Waals surface area contributed by atoms with Crippen molar-refractivity contribution in [1.82, 2.24) is 9.80 Å². The van der Waals surface area contributed by atoms with Crippen LogP contribution in [0.15, 0.2) is 48.5 Å². The first-order valence-electron chi connectivity index (χ1n) is 9.17. The number of hydrogen-bond acceptors (Lipinski definition) is 3. The number of likely N-dealkylation sites (N-methyl/N-ethyl adjacent to an activating group) is 1. The van der Waals surface area contributed by atoms with Crippen molar-refractivity contribution in [3.8, 4) is 0 Å². The second-order valence-corrected chi connectivity index (χ2v) is 7.51. The molecule has 2 heterocycles. The van der Waals surface area contributed by atoms with E-state index in [1.807, 2.05) is 53.4 Å². The van der Waals surface area contributed by atoms with E-state index in [0.29, 0.717) is 19.5 Å². The van der Waals surface area contributed by atoms with Crippen molar-refractivity contribution >= 4 is 29.1 Å². The fourth-order valence-corrected chi connectivity index (χ4v) is 4.04. The molecule has 1 fully saturated rings. The summed E-state index contributed by atoms with van der Waals surface area (Å²) >= 11 is 5.96. The van der Waals surface area contributed by atoms with Gasteiger partial charge < -0.3 is 14.7 Å². The van der Waals surface area contributed by atoms with Crippen molar-refractivity contribution in [2.45, 2.75) is 12.5 Å². The Morgan fingerprint density at radius 1 is 1.00 bits per heavy atom. The lowest BCUT2D eigenvalue weighted by Crippen LogP contribution is -2.53. The number of piperazine rings is 1. The van der Waals surface area contributed by atoms with Crippen molar-refractivity contribution in [2.75, 3.05) is 38.1 Å². The number of anilines is 1. The monoisotopic (exact) mass is 383 g/mol. The van der Waals surface area contributed by atoms with Crippen molar-refractivity contribution in [3.05, 3.63) is 64.7 Å². The van der Waals surface area contributed by atoms with Crippen LogP contribution in [0.2, 0.25) is 5.02 Å². The topological polar surface area (TPSA) is 43.9 Å². The van der Waals surface area contributed by atoms with Crippen LogP contribution in [0.3, 0.4) is 0 Å². The molecule has 27 heavy (non-hydrogen) atoms. The summed E-state index contributed by atoms with van der Waals surface area (Å²) in [6.45, 7) is 2.81. The minimum Gasteiger partial charge on any atom is -0.368 e. The van der Waals surface area contributed by atoms with Gasteiger partial charge in [0.05, 0.1) is 6.42 Å². The number of rotatable bonds is 2. The van der Waals surface area contributed by atoms with Crippen LogP contribution in [0.4, 0.5) is 5.69 Å². The Kier molecular flexibility index (Phi) is 4.79. The Morgan fingerprint density at radius 3 is 2.37 bits per heavy atom. The molecule has 0 aliphatic carbocycles. The third-order valence-electron chi connectivity index (χ3n) is 5.49. The summed E-state index contributed by atoms with van der Waals surface area (Å²) in [4.78, 5) is 31.3. The van der Waals surface area contributed by atoms with Crippen LogP contribution in [0.1, 0.15) is 17.2 Å². The molecule has 1 unspecified atom stereocenters. The van der Waals surface area contributed by atoms with E-state index in [1.54, 1.807) is 11.9 Å². The lowest BCUT2D eigenvalue weighted by molar-refractivity contribution is -0.145. The maximum Gasteiger partial charge on any atom is 0.250 e. The van der Waals surface area contributed by atoms with Gasteiger partial charge in [-0.1, -0.05) is 35.9 Å². The van der Waals surface area contributed by atoms with Crippen LogP contribution in [0.5, 0.6) is 0 Å². The quantitative estimate of drug-likeness (QED) is 0.801. The standard InChI is InChI=1S/C21H22ClN3O2/c1-23-19(26)14-15-4-2-3-5-18(15)20(23)21(27)25-12-10-24(11-13-25)17-8-6-16(22)7-9-17/h2-9,20H,10-14H2,1H3. The molecule has 0 aromatic heterocycles. The zero-order valence-electron chi connectivity index (χ0n) is 15.3. The van der Waals surface area contributed by atoms with E-state index >= 15 is 0 Å². The normalized spacial score (nSPS) is 19.9. The largest absolute Gasteiger partial charge is 0.368 e. The van der Waals surface area contributed by atoms with Gasteiger partial charge in [-0.25, -0.2) is 0 Å². The smallest absolute Gasteiger partial charge is 0.250 e. The van der Waals surface area contributed by atoms with Gasteiger partial charge in [0.1, 0.15) is 6.04 Å². The number of fused-ring (bicyclic) bond motifs is 1. The number of nitrogens with zero attached hydrogens (tertiary/aromatic N) is 3. The second kappa shape index (κ2) is 7.24. The van der Waals surface area contributed by atoms with E-state index in [0.717, 1.165) is 34.9 Å². The van der Waals surface area contributed by atoms with Crippen molar-refractivity contribution < 1.29 is 9.59 Å². The third-order valence-corrected chi connectivity index (χ3v) is 5.74. The third kappa shape index (κ3) is 3.39. The average Bonchev–Trinajstić information content (AvgIpc) is 2.69. The number of amides is 2. The Bertz CT molecular complexity index is 860. The Labute approximate surface area is 164 Å². The van der Waals surface area contributed by atoms with E-state index in [-0.39, 0.29) is 11.8 Å². The van der Waals surface area contributed by atoms with Crippen LogP contribution in [0, 0.1) is 0 Å². The summed E-state index contributed by atoms with van der Waals surface area (Å²) in [6, 6.07) is 15.0. The molecule has 0 spiro atoms. The summed E-state index contributed by atoms with van der Waals surface area (Å²) < 4.78 is 0. The van der Waals surface area contributed by atoms with Crippen molar-refractivity contribution in [2.24, 2.45) is 0 Å². The zero-order chi connectivity index (χ0) is 19.0. The van der Waals surface area contributed by atoms with E-state index in [9.17, 15) is 9.59 Å². The van der Waals surface area contributed by atoms with Crippen molar-refractivity contribution in [3.63, 3.8) is 0 Å². The first kappa shape index (κ1) is 17.9. The molecule has 0 bridgehead atoms. The fraction of sp³-hybridized carbons (Fsp3) is 0.333. The van der Waals surface area contributed by atoms with Crippen LogP contribution in [0.25, 0.3) is 0 Å². The predicted molar refractivity (Wildman–Crippen MR) is 106 cm³/mol. The first-order chi connectivity index (χ1) is 13.0. The van der Waals surface area contributed by atoms with E-state index in [4.69, 9.17) is 11.6 Å². The van der Waals surface area contributed by atoms with Crippen molar-refractivity contribution in [1.29, 1.82) is 0 Å². The SMILES string of the molecule is CN1C(=O)Cc2ccccc2C1C(=O)N1CCN(c2ccc(Cl)cc2)CC1. The summed E-state index contributed by atoms with van der Waals surface area (Å²) in [5.74, 6) is 0.000561. The Balaban J connectivity index is 1.49. The number of hydrogen-bond donors (Lipinski definition) is 0. The number of benzene rings is 2. The maximum absolute atomic E-state index is 13.3. The summed E-state index contributed by atoms with van der Waals surface area (Å²) in [7, 11) is 1.73. The lowest BCUT2D eigenvalue weighted by Gasteiger charge is -2.40. The fourth-order valence-electron chi connectivity index (χ4n) is 3.91. The van der Waals surface area contributed by atoms with Crippen LogP contribution in [-0.4, -0.2) is 54.8 Å². The number of carbonyl (C=O) groups excluding carboxylic acids is 2. The molecule has 140 valence electrons. The van der Waals surface area contributed by atoms with Gasteiger partial charge in [0, 0.05) is 43.9 Å². The highest BCUT2D eigenvalue weighted by molar-refractivity contribution is 6.30. The van der Waals surface area contributed by atoms with Gasteiger partial charge in [0.15, 0.2) is 0 Å². The van der Waals surface area contributed by atoms with E-state index in [1.165, 1.54) is 0 Å². The molecular weight excluding hydrogens is 362 g/mol. The predicted octanol–water partition coefficient (Wildman–Crippen LogP) is 2.74. The van der Waals surface area contributed by atoms with Crippen LogP contribution < -0.4 is 4.90 Å². The molecule has 0 N–H and O–H groups in total. The highest BCUT2D eigenvalue weighted by Gasteiger charge is 2.37. The zero-order valence-corrected chi connectivity index (χ0v) is 16.0. The molecule has 2 aliphatic rings. The maximum atomic E-state index is 13.3. The minimum absolute atomic E-state index is 0.00755. The Morgan fingerprint density at radius 2 is 1.67 bits per heavy atom. The highest BCUT2D eigenvalue weighted by atomic mass is 35.5.